The van der Waals surface area contributed by atoms with Gasteiger partial charge in [-0.05, 0) is 25.0 Å². The second kappa shape index (κ2) is 6.80. The largest absolute Gasteiger partial charge is 0.325 e. The molecule has 0 saturated heterocycles. The van der Waals surface area contributed by atoms with Gasteiger partial charge in [-0.1, -0.05) is 17.4 Å². The van der Waals surface area contributed by atoms with E-state index in [-0.39, 0.29) is 16.9 Å². The summed E-state index contributed by atoms with van der Waals surface area (Å²) in [5, 5.41) is 4.55. The van der Waals surface area contributed by atoms with E-state index >= 15 is 0 Å². The third-order valence-electron chi connectivity index (χ3n) is 4.42. The molecule has 144 valence electrons. The quantitative estimate of drug-likeness (QED) is 0.805. The Bertz CT molecular complexity index is 985. The third kappa shape index (κ3) is 3.66. The number of rotatable bonds is 4. The summed E-state index contributed by atoms with van der Waals surface area (Å²) in [6.45, 7) is 0.596. The van der Waals surface area contributed by atoms with Gasteiger partial charge in [0.05, 0.1) is 10.9 Å². The number of carbonyl (C=O) groups is 1. The maximum absolute atomic E-state index is 13.6. The molecule has 7 nitrogen and oxygen atoms in total. The third-order valence-corrected chi connectivity index (χ3v) is 7.77. The maximum Gasteiger partial charge on any atom is 0.325 e. The normalized spacial score (nSPS) is 17.4. The van der Waals surface area contributed by atoms with E-state index in [0.717, 1.165) is 34.0 Å². The van der Waals surface area contributed by atoms with E-state index in [0.29, 0.717) is 25.8 Å². The summed E-state index contributed by atoms with van der Waals surface area (Å²) in [4.78, 5) is 17.1. The molecule has 2 aliphatic rings. The van der Waals surface area contributed by atoms with Gasteiger partial charge in [-0.3, -0.25) is 5.32 Å². The van der Waals surface area contributed by atoms with Crippen LogP contribution in [0.15, 0.2) is 18.2 Å². The second-order valence-corrected chi connectivity index (χ2v) is 9.69. The Morgan fingerprint density at radius 2 is 1.93 bits per heavy atom. The summed E-state index contributed by atoms with van der Waals surface area (Å²) in [5.41, 5.74) is 0.188. The number of amides is 2. The summed E-state index contributed by atoms with van der Waals surface area (Å²) >= 11 is 1.16. The Kier molecular flexibility index (Phi) is 4.60. The Morgan fingerprint density at radius 3 is 2.59 bits per heavy atom. The van der Waals surface area contributed by atoms with Crippen LogP contribution in [-0.2, 0) is 23.0 Å². The van der Waals surface area contributed by atoms with Gasteiger partial charge in [0.15, 0.2) is 5.13 Å². The second-order valence-electron chi connectivity index (χ2n) is 6.39. The molecule has 11 heteroatoms. The van der Waals surface area contributed by atoms with Gasteiger partial charge in [0.1, 0.15) is 17.3 Å². The van der Waals surface area contributed by atoms with Crippen molar-refractivity contribution in [3.8, 4) is 0 Å². The van der Waals surface area contributed by atoms with Gasteiger partial charge in [0.25, 0.3) is 0 Å². The number of aromatic nitrogens is 1. The highest BCUT2D eigenvalue weighted by Crippen LogP contribution is 2.35. The molecular weight excluding hydrogens is 398 g/mol. The van der Waals surface area contributed by atoms with Crippen molar-refractivity contribution in [3.05, 3.63) is 40.4 Å². The van der Waals surface area contributed by atoms with Crippen molar-refractivity contribution in [1.29, 1.82) is 0 Å². The number of nitrogens with zero attached hydrogens (tertiary/aromatic N) is 2. The number of sulfonamides is 1. The fourth-order valence-corrected chi connectivity index (χ4v) is 5.79. The Balaban J connectivity index is 1.44. The van der Waals surface area contributed by atoms with Crippen LogP contribution < -0.4 is 10.6 Å². The van der Waals surface area contributed by atoms with Crippen molar-refractivity contribution < 1.29 is 22.0 Å². The van der Waals surface area contributed by atoms with Crippen molar-refractivity contribution in [2.45, 2.75) is 31.1 Å². The minimum Gasteiger partial charge on any atom is -0.302 e. The molecule has 0 atom stereocenters. The highest BCUT2D eigenvalue weighted by Gasteiger charge is 2.41. The Labute approximate surface area is 158 Å². The predicted molar refractivity (Wildman–Crippen MR) is 97.2 cm³/mol. The fraction of sp³-hybridized carbons (Fsp3) is 0.375. The van der Waals surface area contributed by atoms with Gasteiger partial charge in [-0.15, -0.1) is 0 Å². The lowest BCUT2D eigenvalue weighted by molar-refractivity contribution is 0.262. The molecule has 2 heterocycles. The molecule has 27 heavy (non-hydrogen) atoms. The maximum atomic E-state index is 13.6. The molecule has 0 unspecified atom stereocenters. The molecule has 0 radical (unpaired) electrons. The average Bonchev–Trinajstić information content (AvgIpc) is 3.39. The molecule has 1 aromatic heterocycles. The molecular formula is C16H16F2N4O3S2. The van der Waals surface area contributed by atoms with E-state index in [9.17, 15) is 22.0 Å². The minimum atomic E-state index is -3.27. The molecule has 1 aromatic carbocycles. The number of anilines is 2. The van der Waals surface area contributed by atoms with E-state index in [4.69, 9.17) is 0 Å². The van der Waals surface area contributed by atoms with E-state index in [2.05, 4.69) is 15.6 Å². The molecule has 4 rings (SSSR count). The van der Waals surface area contributed by atoms with Gasteiger partial charge < -0.3 is 5.32 Å². The molecule has 1 saturated carbocycles. The number of benzene rings is 1. The highest BCUT2D eigenvalue weighted by molar-refractivity contribution is 7.90. The van der Waals surface area contributed by atoms with Crippen molar-refractivity contribution in [3.63, 3.8) is 0 Å². The number of carbonyl (C=O) groups excluding carboxylic acids is 1. The van der Waals surface area contributed by atoms with E-state index in [1.165, 1.54) is 10.4 Å². The molecule has 0 spiro atoms. The SMILES string of the molecule is O=C(Nc1nc2c(s1)CN(S(=O)(=O)C1CC1)CC2)Nc1c(F)cccc1F. The van der Waals surface area contributed by atoms with Gasteiger partial charge in [0, 0.05) is 24.4 Å². The van der Waals surface area contributed by atoms with Crippen LogP contribution in [0.2, 0.25) is 0 Å². The van der Waals surface area contributed by atoms with E-state index in [1.807, 2.05) is 0 Å². The molecule has 1 aliphatic heterocycles. The zero-order valence-electron chi connectivity index (χ0n) is 14.0. The zero-order valence-corrected chi connectivity index (χ0v) is 15.7. The van der Waals surface area contributed by atoms with Crippen LogP contribution >= 0.6 is 11.3 Å². The molecule has 2 N–H and O–H groups in total. The lowest BCUT2D eigenvalue weighted by Gasteiger charge is -2.25. The lowest BCUT2D eigenvalue weighted by Crippen LogP contribution is -2.37. The Morgan fingerprint density at radius 1 is 1.22 bits per heavy atom. The van der Waals surface area contributed by atoms with Gasteiger partial charge in [-0.2, -0.15) is 4.31 Å². The van der Waals surface area contributed by atoms with Gasteiger partial charge in [-0.25, -0.2) is 27.0 Å². The first-order valence-electron chi connectivity index (χ1n) is 8.34. The van der Waals surface area contributed by atoms with E-state index in [1.54, 1.807) is 0 Å². The Hall–Kier alpha value is -2.11. The lowest BCUT2D eigenvalue weighted by atomic mass is 10.2. The fourth-order valence-electron chi connectivity index (χ4n) is 2.88. The number of nitrogens with one attached hydrogen (secondary N) is 2. The van der Waals surface area contributed by atoms with Crippen LogP contribution in [0.5, 0.6) is 0 Å². The number of halogens is 2. The van der Waals surface area contributed by atoms with Crippen LogP contribution in [0.25, 0.3) is 0 Å². The van der Waals surface area contributed by atoms with E-state index < -0.39 is 33.4 Å². The highest BCUT2D eigenvalue weighted by atomic mass is 32.2. The number of fused-ring (bicyclic) bond motifs is 1. The number of para-hydroxylation sites is 1. The number of thiazole rings is 1. The summed E-state index contributed by atoms with van der Waals surface area (Å²) in [6, 6.07) is 2.45. The van der Waals surface area contributed by atoms with Crippen LogP contribution in [0.4, 0.5) is 24.4 Å². The molecule has 1 aliphatic carbocycles. The average molecular weight is 414 g/mol. The van der Waals surface area contributed by atoms with Crippen molar-refractivity contribution in [2.24, 2.45) is 0 Å². The molecule has 2 amide bonds. The smallest absolute Gasteiger partial charge is 0.302 e. The van der Waals surface area contributed by atoms with Crippen LogP contribution in [0.3, 0.4) is 0 Å². The van der Waals surface area contributed by atoms with Crippen molar-refractivity contribution in [2.75, 3.05) is 17.2 Å². The van der Waals surface area contributed by atoms with Crippen LogP contribution in [0.1, 0.15) is 23.4 Å². The van der Waals surface area contributed by atoms with Crippen molar-refractivity contribution >= 4 is 38.2 Å². The molecule has 1 fully saturated rings. The van der Waals surface area contributed by atoms with Crippen molar-refractivity contribution in [1.82, 2.24) is 9.29 Å². The first-order chi connectivity index (χ1) is 12.8. The monoisotopic (exact) mass is 414 g/mol. The van der Waals surface area contributed by atoms with Gasteiger partial charge >= 0.3 is 6.03 Å². The predicted octanol–water partition coefficient (Wildman–Crippen LogP) is 2.92. The first kappa shape index (κ1) is 18.3. The summed E-state index contributed by atoms with van der Waals surface area (Å²) in [6.07, 6.45) is 1.87. The number of urea groups is 1. The number of hydrogen-bond acceptors (Lipinski definition) is 5. The summed E-state index contributed by atoms with van der Waals surface area (Å²) in [7, 11) is -3.27. The summed E-state index contributed by atoms with van der Waals surface area (Å²) < 4.78 is 53.4. The molecule has 2 aromatic rings. The number of hydrogen-bond donors (Lipinski definition) is 2. The standard InChI is InChI=1S/C16H16F2N4O3S2/c17-10-2-1-3-11(18)14(10)20-15(23)21-16-19-12-6-7-22(8-13(12)26-16)27(24,25)9-4-5-9/h1-3,9H,4-8H2,(H2,19,20,21,23). The van der Waals surface area contributed by atoms with Gasteiger partial charge in [0.2, 0.25) is 10.0 Å². The molecule has 0 bridgehead atoms. The minimum absolute atomic E-state index is 0.233. The first-order valence-corrected chi connectivity index (χ1v) is 10.7. The zero-order chi connectivity index (χ0) is 19.2. The van der Waals surface area contributed by atoms with Crippen LogP contribution in [-0.4, -0.2) is 35.5 Å². The topological polar surface area (TPSA) is 91.4 Å². The van der Waals surface area contributed by atoms with Crippen LogP contribution in [0, 0.1) is 11.6 Å². The summed E-state index contributed by atoms with van der Waals surface area (Å²) in [5.74, 6) is -1.77.